The molecular formula is C23H30FN5O4. The molecule has 0 bridgehead atoms. The van der Waals surface area contributed by atoms with E-state index in [2.05, 4.69) is 15.7 Å². The van der Waals surface area contributed by atoms with Gasteiger partial charge in [0.25, 0.3) is 11.8 Å². The summed E-state index contributed by atoms with van der Waals surface area (Å²) in [5.74, 6) is -1.53. The van der Waals surface area contributed by atoms with Crippen molar-refractivity contribution in [1.82, 2.24) is 25.3 Å². The predicted octanol–water partition coefficient (Wildman–Crippen LogP) is 1.73. The number of rotatable bonds is 9. The molecule has 1 aromatic carbocycles. The van der Waals surface area contributed by atoms with Crippen LogP contribution in [0.2, 0.25) is 0 Å². The van der Waals surface area contributed by atoms with Crippen molar-refractivity contribution in [3.63, 3.8) is 0 Å². The number of benzene rings is 1. The van der Waals surface area contributed by atoms with Crippen molar-refractivity contribution in [3.8, 4) is 0 Å². The summed E-state index contributed by atoms with van der Waals surface area (Å²) in [6.07, 6.45) is 0.789. The van der Waals surface area contributed by atoms with Gasteiger partial charge < -0.3 is 20.3 Å². The second-order valence-electron chi connectivity index (χ2n) is 8.55. The number of fused-ring (bicyclic) bond motifs is 1. The van der Waals surface area contributed by atoms with Gasteiger partial charge in [0.2, 0.25) is 5.91 Å². The van der Waals surface area contributed by atoms with E-state index >= 15 is 0 Å². The van der Waals surface area contributed by atoms with E-state index in [1.807, 2.05) is 13.8 Å². The maximum atomic E-state index is 13.1. The number of likely N-dealkylation sites (N-methyl/N-ethyl adjacent to an activating group) is 1. The highest BCUT2D eigenvalue weighted by molar-refractivity contribution is 6.01. The zero-order valence-electron chi connectivity index (χ0n) is 19.4. The molecule has 1 aromatic heterocycles. The van der Waals surface area contributed by atoms with E-state index in [1.165, 1.54) is 27.8 Å². The van der Waals surface area contributed by atoms with Gasteiger partial charge in [-0.05, 0) is 44.9 Å². The van der Waals surface area contributed by atoms with Gasteiger partial charge in [-0.25, -0.2) is 4.39 Å². The van der Waals surface area contributed by atoms with Crippen LogP contribution in [-0.4, -0.2) is 64.2 Å². The Morgan fingerprint density at radius 1 is 1.24 bits per heavy atom. The molecule has 0 radical (unpaired) electrons. The summed E-state index contributed by atoms with van der Waals surface area (Å²) in [4.78, 5) is 39.8. The average Bonchev–Trinajstić information content (AvgIpc) is 3.20. The minimum atomic E-state index is -1.21. The maximum Gasteiger partial charge on any atom is 0.272 e. The van der Waals surface area contributed by atoms with Crippen molar-refractivity contribution in [2.24, 2.45) is 0 Å². The van der Waals surface area contributed by atoms with Gasteiger partial charge in [-0.2, -0.15) is 5.10 Å². The number of hydrogen-bond acceptors (Lipinski definition) is 5. The van der Waals surface area contributed by atoms with Crippen LogP contribution in [0.5, 0.6) is 0 Å². The quantitative estimate of drug-likeness (QED) is 0.556. The largest absolute Gasteiger partial charge is 0.379 e. The third kappa shape index (κ3) is 5.57. The minimum absolute atomic E-state index is 0.0926. The molecule has 1 aliphatic rings. The van der Waals surface area contributed by atoms with Crippen molar-refractivity contribution in [1.29, 1.82) is 0 Å². The number of amides is 3. The summed E-state index contributed by atoms with van der Waals surface area (Å²) in [7, 11) is 1.55. The van der Waals surface area contributed by atoms with Gasteiger partial charge in [0.05, 0.1) is 12.6 Å². The van der Waals surface area contributed by atoms with Gasteiger partial charge in [-0.15, -0.1) is 0 Å². The lowest BCUT2D eigenvalue weighted by atomic mass is 9.96. The van der Waals surface area contributed by atoms with Crippen LogP contribution in [0.3, 0.4) is 0 Å². The number of carbonyl (C=O) groups is 3. The molecular weight excluding hydrogens is 429 g/mol. The molecule has 0 saturated heterocycles. The number of aromatic nitrogens is 2. The van der Waals surface area contributed by atoms with Crippen LogP contribution in [-0.2, 0) is 22.6 Å². The summed E-state index contributed by atoms with van der Waals surface area (Å²) in [6.45, 7) is 6.77. The van der Waals surface area contributed by atoms with Crippen LogP contribution in [0.1, 0.15) is 53.7 Å². The van der Waals surface area contributed by atoms with Crippen molar-refractivity contribution in [2.75, 3.05) is 20.2 Å². The Labute approximate surface area is 192 Å². The summed E-state index contributed by atoms with van der Waals surface area (Å²) in [5.41, 5.74) is -0.115. The molecule has 10 heteroatoms. The Morgan fingerprint density at radius 3 is 2.61 bits per heavy atom. The highest BCUT2D eigenvalue weighted by Gasteiger charge is 2.46. The first kappa shape index (κ1) is 24.4. The van der Waals surface area contributed by atoms with Gasteiger partial charge in [-0.3, -0.25) is 19.1 Å². The zero-order chi connectivity index (χ0) is 24.2. The molecule has 1 aliphatic heterocycles. The lowest BCUT2D eigenvalue weighted by Crippen LogP contribution is -2.62. The van der Waals surface area contributed by atoms with Crippen LogP contribution in [0.15, 0.2) is 30.3 Å². The molecule has 1 unspecified atom stereocenters. The van der Waals surface area contributed by atoms with Gasteiger partial charge in [0.1, 0.15) is 17.1 Å². The fourth-order valence-corrected chi connectivity index (χ4v) is 3.50. The molecule has 0 saturated carbocycles. The predicted molar refractivity (Wildman–Crippen MR) is 119 cm³/mol. The Bertz CT molecular complexity index is 1020. The van der Waals surface area contributed by atoms with E-state index in [0.29, 0.717) is 19.6 Å². The molecule has 0 fully saturated rings. The average molecular weight is 460 g/mol. The van der Waals surface area contributed by atoms with Crippen LogP contribution in [0.4, 0.5) is 4.39 Å². The molecule has 2 aromatic rings. The molecule has 1 atom stereocenters. The fourth-order valence-electron chi connectivity index (χ4n) is 3.50. The second kappa shape index (κ2) is 10.1. The molecule has 9 nitrogen and oxygen atoms in total. The van der Waals surface area contributed by atoms with Gasteiger partial charge in [-0.1, -0.05) is 12.1 Å². The Balaban J connectivity index is 1.65. The highest BCUT2D eigenvalue weighted by atomic mass is 19.1. The van der Waals surface area contributed by atoms with E-state index in [-0.39, 0.29) is 48.2 Å². The van der Waals surface area contributed by atoms with E-state index in [1.54, 1.807) is 26.1 Å². The molecule has 0 spiro atoms. The lowest BCUT2D eigenvalue weighted by Gasteiger charge is -2.40. The Hall–Kier alpha value is -3.27. The van der Waals surface area contributed by atoms with Crippen molar-refractivity contribution in [2.45, 2.75) is 51.9 Å². The van der Waals surface area contributed by atoms with E-state index < -0.39 is 11.4 Å². The molecule has 0 aliphatic carbocycles. The van der Waals surface area contributed by atoms with E-state index in [4.69, 9.17) is 4.74 Å². The number of halogens is 1. The number of nitrogens with zero attached hydrogens (tertiary/aromatic N) is 3. The lowest BCUT2D eigenvalue weighted by molar-refractivity contribution is -0.132. The first-order valence-electron chi connectivity index (χ1n) is 10.9. The van der Waals surface area contributed by atoms with Crippen LogP contribution in [0.25, 0.3) is 0 Å². The third-order valence-electron chi connectivity index (χ3n) is 5.65. The highest BCUT2D eigenvalue weighted by Crippen LogP contribution is 2.26. The topological polar surface area (TPSA) is 106 Å². The Morgan fingerprint density at radius 2 is 1.94 bits per heavy atom. The summed E-state index contributed by atoms with van der Waals surface area (Å²) in [5, 5.41) is 9.84. The number of ether oxygens (including phenoxy) is 1. The third-order valence-corrected chi connectivity index (χ3v) is 5.65. The fraction of sp³-hybridized carbons (Fsp3) is 0.478. The molecule has 2 heterocycles. The minimum Gasteiger partial charge on any atom is -0.379 e. The molecule has 3 rings (SSSR count). The smallest absolute Gasteiger partial charge is 0.272 e. The SMILES string of the molecule is CC(C)OCCCNC(=O)c1cc2n(n1)CC(C)(C(=O)NCc1ccc(F)cc1)N(C)C2=O. The van der Waals surface area contributed by atoms with Crippen LogP contribution < -0.4 is 10.6 Å². The van der Waals surface area contributed by atoms with Crippen molar-refractivity contribution in [3.05, 3.63) is 53.1 Å². The van der Waals surface area contributed by atoms with E-state index in [9.17, 15) is 18.8 Å². The first-order chi connectivity index (χ1) is 15.6. The number of hydrogen-bond donors (Lipinski definition) is 2. The van der Waals surface area contributed by atoms with Crippen LogP contribution >= 0.6 is 0 Å². The summed E-state index contributed by atoms with van der Waals surface area (Å²) >= 11 is 0. The molecule has 33 heavy (non-hydrogen) atoms. The number of nitrogens with one attached hydrogen (secondary N) is 2. The monoisotopic (exact) mass is 459 g/mol. The maximum absolute atomic E-state index is 13.1. The van der Waals surface area contributed by atoms with E-state index in [0.717, 1.165) is 5.56 Å². The van der Waals surface area contributed by atoms with Gasteiger partial charge in [0, 0.05) is 32.8 Å². The van der Waals surface area contributed by atoms with Crippen LogP contribution in [0, 0.1) is 5.82 Å². The molecule has 2 N–H and O–H groups in total. The molecule has 178 valence electrons. The standard InChI is InChI=1S/C23H30FN5O4/c1-15(2)33-11-5-10-25-20(30)18-12-19-21(31)28(4)23(3,14-29(19)27-18)22(32)26-13-16-6-8-17(24)9-7-16/h6-9,12,15H,5,10-11,13-14H2,1-4H3,(H,25,30)(H,26,32). The van der Waals surface area contributed by atoms with Crippen molar-refractivity contribution < 1.29 is 23.5 Å². The number of carbonyl (C=O) groups excluding carboxylic acids is 3. The zero-order valence-corrected chi connectivity index (χ0v) is 19.4. The second-order valence-corrected chi connectivity index (χ2v) is 8.55. The van der Waals surface area contributed by atoms with Gasteiger partial charge in [0.15, 0.2) is 5.69 Å². The first-order valence-corrected chi connectivity index (χ1v) is 10.9. The summed E-state index contributed by atoms with van der Waals surface area (Å²) in [6, 6.07) is 7.24. The summed E-state index contributed by atoms with van der Waals surface area (Å²) < 4.78 is 19.9. The van der Waals surface area contributed by atoms with Gasteiger partial charge >= 0.3 is 0 Å². The normalized spacial score (nSPS) is 17.8. The Kier molecular flexibility index (Phi) is 7.47. The van der Waals surface area contributed by atoms with Crippen molar-refractivity contribution >= 4 is 17.7 Å². The molecule has 3 amide bonds.